The average Bonchev–Trinajstić information content (AvgIpc) is 3.50. The summed E-state index contributed by atoms with van der Waals surface area (Å²) in [5.41, 5.74) is 7.70. The number of aryl methyl sites for hydroxylation is 1. The van der Waals surface area contributed by atoms with Crippen LogP contribution in [0, 0.1) is 17.7 Å². The van der Waals surface area contributed by atoms with Gasteiger partial charge in [-0.1, -0.05) is 13.0 Å². The molecule has 0 amide bonds. The van der Waals surface area contributed by atoms with E-state index in [1.165, 1.54) is 19.2 Å². The van der Waals surface area contributed by atoms with Crippen molar-refractivity contribution in [2.45, 2.75) is 26.3 Å². The first-order valence-electron chi connectivity index (χ1n) is 13.7. The van der Waals surface area contributed by atoms with Crippen LogP contribution in [-0.2, 0) is 13.0 Å². The molecule has 1 aromatic carbocycles. The Kier molecular flexibility index (Phi) is 10.1. The number of allylic oxidation sites excluding steroid dienone is 1. The van der Waals surface area contributed by atoms with Crippen LogP contribution in [0.25, 0.3) is 0 Å². The molecule has 2 fully saturated rings. The van der Waals surface area contributed by atoms with E-state index < -0.39 is 11.6 Å². The van der Waals surface area contributed by atoms with Gasteiger partial charge in [-0.2, -0.15) is 0 Å². The van der Waals surface area contributed by atoms with E-state index in [9.17, 15) is 8.78 Å². The SMILES string of the molecule is C=Nc1c(F)cc(C(=NCNc2ccc(CN3CC4CN(CC)CC4C3)cn2)/C(F)=C\N)cc1CCCNC. The monoisotopic (exact) mass is 538 g/mol. The molecule has 0 bridgehead atoms. The molecule has 0 spiro atoms. The topological polar surface area (TPSA) is 94.2 Å². The summed E-state index contributed by atoms with van der Waals surface area (Å²) < 4.78 is 29.5. The molecule has 4 N–H and O–H groups in total. The van der Waals surface area contributed by atoms with Gasteiger partial charge in [0.15, 0.2) is 5.83 Å². The Morgan fingerprint density at radius 3 is 2.56 bits per heavy atom. The van der Waals surface area contributed by atoms with Crippen LogP contribution in [0.1, 0.15) is 30.0 Å². The molecule has 2 aliphatic rings. The molecule has 0 radical (unpaired) electrons. The minimum Gasteiger partial charge on any atom is -0.402 e. The number of nitrogens with one attached hydrogen (secondary N) is 2. The molecular formula is C29H40F2N8. The van der Waals surface area contributed by atoms with Crippen LogP contribution in [0.15, 0.2) is 52.5 Å². The zero-order valence-electron chi connectivity index (χ0n) is 23.0. The second kappa shape index (κ2) is 13.7. The maximum absolute atomic E-state index is 14.8. The fourth-order valence-corrected chi connectivity index (χ4v) is 5.65. The maximum Gasteiger partial charge on any atom is 0.164 e. The minimum atomic E-state index is -0.738. The predicted molar refractivity (Wildman–Crippen MR) is 155 cm³/mol. The van der Waals surface area contributed by atoms with Crippen molar-refractivity contribution in [1.82, 2.24) is 20.1 Å². The molecule has 0 aliphatic carbocycles. The lowest BCUT2D eigenvalue weighted by Gasteiger charge is -2.20. The Hall–Kier alpha value is -3.21. The lowest BCUT2D eigenvalue weighted by molar-refractivity contribution is 0.257. The molecule has 2 saturated heterocycles. The smallest absolute Gasteiger partial charge is 0.164 e. The molecule has 1 aromatic heterocycles. The number of halogens is 2. The van der Waals surface area contributed by atoms with Crippen LogP contribution in [0.4, 0.5) is 20.3 Å². The number of hydrogen-bond donors (Lipinski definition) is 3. The van der Waals surface area contributed by atoms with E-state index in [0.29, 0.717) is 23.4 Å². The molecule has 2 aliphatic heterocycles. The van der Waals surface area contributed by atoms with Crippen LogP contribution >= 0.6 is 0 Å². The standard InChI is InChI=1S/C29H40F2N8/c1-4-38-15-23-17-39(18-24(23)16-38)14-20-7-8-27(35-13-20)36-19-37-29(26(31)12-32)22-10-21(6-5-9-33-2)28(34-3)25(30)11-22/h7-8,10-13,23-24,33H,3-6,9,14-19,32H2,1-2H3,(H,35,36)/b26-12+,37-29?. The van der Waals surface area contributed by atoms with Crippen LogP contribution in [0.2, 0.25) is 0 Å². The van der Waals surface area contributed by atoms with Crippen LogP contribution < -0.4 is 16.4 Å². The van der Waals surface area contributed by atoms with Gasteiger partial charge in [-0.3, -0.25) is 14.9 Å². The highest BCUT2D eigenvalue weighted by atomic mass is 19.1. The third-order valence-electron chi connectivity index (χ3n) is 7.63. The molecule has 2 aromatic rings. The van der Waals surface area contributed by atoms with Gasteiger partial charge >= 0.3 is 0 Å². The van der Waals surface area contributed by atoms with Gasteiger partial charge in [-0.15, -0.1) is 0 Å². The summed E-state index contributed by atoms with van der Waals surface area (Å²) >= 11 is 0. The molecule has 39 heavy (non-hydrogen) atoms. The Morgan fingerprint density at radius 1 is 1.21 bits per heavy atom. The number of aliphatic imine (C=N–C) groups is 2. The Morgan fingerprint density at radius 2 is 1.95 bits per heavy atom. The fourth-order valence-electron chi connectivity index (χ4n) is 5.65. The molecule has 10 heteroatoms. The molecule has 210 valence electrons. The third kappa shape index (κ3) is 7.26. The van der Waals surface area contributed by atoms with Crippen molar-refractivity contribution in [2.24, 2.45) is 27.6 Å². The summed E-state index contributed by atoms with van der Waals surface area (Å²) in [4.78, 5) is 17.8. The normalized spacial score (nSPS) is 20.4. The van der Waals surface area contributed by atoms with Crippen LogP contribution in [0.3, 0.4) is 0 Å². The summed E-state index contributed by atoms with van der Waals surface area (Å²) in [6.45, 7) is 13.2. The second-order valence-electron chi connectivity index (χ2n) is 10.3. The van der Waals surface area contributed by atoms with E-state index >= 15 is 0 Å². The Labute approximate surface area is 230 Å². The summed E-state index contributed by atoms with van der Waals surface area (Å²) in [6.07, 6.45) is 4.03. The first-order chi connectivity index (χ1) is 18.9. The molecule has 3 heterocycles. The van der Waals surface area contributed by atoms with Gasteiger partial charge in [0, 0.05) is 50.7 Å². The van der Waals surface area contributed by atoms with Gasteiger partial charge in [-0.05, 0) is 80.9 Å². The zero-order chi connectivity index (χ0) is 27.8. The predicted octanol–water partition coefficient (Wildman–Crippen LogP) is 3.72. The van der Waals surface area contributed by atoms with Gasteiger partial charge in [0.2, 0.25) is 0 Å². The summed E-state index contributed by atoms with van der Waals surface area (Å²) in [7, 11) is 1.85. The van der Waals surface area contributed by atoms with Crippen molar-refractivity contribution in [3.63, 3.8) is 0 Å². The lowest BCUT2D eigenvalue weighted by Crippen LogP contribution is -2.28. The quantitative estimate of drug-likeness (QED) is 0.266. The van der Waals surface area contributed by atoms with E-state index in [2.05, 4.69) is 55.1 Å². The van der Waals surface area contributed by atoms with Gasteiger partial charge in [0.1, 0.15) is 29.7 Å². The van der Waals surface area contributed by atoms with Crippen molar-refractivity contribution in [1.29, 1.82) is 0 Å². The van der Waals surface area contributed by atoms with Crippen molar-refractivity contribution < 1.29 is 8.78 Å². The summed E-state index contributed by atoms with van der Waals surface area (Å²) in [5.74, 6) is 0.861. The number of rotatable bonds is 13. The molecule has 0 saturated carbocycles. The number of fused-ring (bicyclic) bond motifs is 1. The van der Waals surface area contributed by atoms with Gasteiger partial charge in [0.25, 0.3) is 0 Å². The van der Waals surface area contributed by atoms with E-state index in [-0.39, 0.29) is 18.1 Å². The van der Waals surface area contributed by atoms with Crippen LogP contribution in [0.5, 0.6) is 0 Å². The molecule has 8 nitrogen and oxygen atoms in total. The first kappa shape index (κ1) is 28.8. The van der Waals surface area contributed by atoms with Crippen molar-refractivity contribution >= 4 is 23.9 Å². The van der Waals surface area contributed by atoms with E-state index in [1.54, 1.807) is 6.07 Å². The summed E-state index contributed by atoms with van der Waals surface area (Å²) in [6, 6.07) is 6.87. The number of likely N-dealkylation sites (tertiary alicyclic amines) is 2. The molecule has 2 unspecified atom stereocenters. The van der Waals surface area contributed by atoms with Crippen molar-refractivity contribution in [3.05, 3.63) is 65.0 Å². The lowest BCUT2D eigenvalue weighted by atomic mass is 10.00. The Bertz CT molecular complexity index is 1170. The first-order valence-corrected chi connectivity index (χ1v) is 13.7. The van der Waals surface area contributed by atoms with Crippen molar-refractivity contribution in [2.75, 3.05) is 58.3 Å². The fraction of sp³-hybridized carbons (Fsp3) is 0.483. The largest absolute Gasteiger partial charge is 0.402 e. The number of benzene rings is 1. The van der Waals surface area contributed by atoms with E-state index in [0.717, 1.165) is 62.7 Å². The highest BCUT2D eigenvalue weighted by Gasteiger charge is 2.39. The third-order valence-corrected chi connectivity index (χ3v) is 7.63. The van der Waals surface area contributed by atoms with Crippen molar-refractivity contribution in [3.8, 4) is 0 Å². The minimum absolute atomic E-state index is 0.0350. The van der Waals surface area contributed by atoms with E-state index in [4.69, 9.17) is 5.73 Å². The summed E-state index contributed by atoms with van der Waals surface area (Å²) in [5, 5.41) is 6.16. The highest BCUT2D eigenvalue weighted by molar-refractivity contribution is 6.11. The van der Waals surface area contributed by atoms with E-state index in [1.807, 2.05) is 19.3 Å². The zero-order valence-corrected chi connectivity index (χ0v) is 23.0. The number of aromatic nitrogens is 1. The highest BCUT2D eigenvalue weighted by Crippen LogP contribution is 2.32. The molecule has 2 atom stereocenters. The molecular weight excluding hydrogens is 498 g/mol. The molecule has 4 rings (SSSR count). The van der Waals surface area contributed by atoms with Gasteiger partial charge in [0.05, 0.1) is 0 Å². The second-order valence-corrected chi connectivity index (χ2v) is 10.3. The number of pyridine rings is 1. The van der Waals surface area contributed by atoms with Crippen LogP contribution in [-0.4, -0.2) is 80.2 Å². The van der Waals surface area contributed by atoms with Gasteiger partial charge < -0.3 is 21.3 Å². The Balaban J connectivity index is 1.39. The van der Waals surface area contributed by atoms with Gasteiger partial charge in [-0.25, -0.2) is 13.8 Å². The number of anilines is 1. The number of nitrogens with zero attached hydrogens (tertiary/aromatic N) is 5. The number of nitrogens with two attached hydrogens (primary N) is 1. The number of hydrogen-bond acceptors (Lipinski definition) is 8. The average molecular weight is 539 g/mol. The maximum atomic E-state index is 14.8.